The van der Waals surface area contributed by atoms with E-state index in [-0.39, 0.29) is 0 Å². The summed E-state index contributed by atoms with van der Waals surface area (Å²) >= 11 is 0. The largest absolute Gasteiger partial charge is 0.362 e. The first kappa shape index (κ1) is 16.7. The molecule has 2 aliphatic carbocycles. The van der Waals surface area contributed by atoms with Crippen LogP contribution in [0.5, 0.6) is 0 Å². The van der Waals surface area contributed by atoms with E-state index in [1.54, 1.807) is 6.20 Å². The lowest BCUT2D eigenvalue weighted by Gasteiger charge is -2.13. The Kier molecular flexibility index (Phi) is 3.82. The van der Waals surface area contributed by atoms with E-state index < -0.39 is 0 Å². The molecule has 0 spiro atoms. The van der Waals surface area contributed by atoms with Crippen LogP contribution in [0.1, 0.15) is 42.4 Å². The van der Waals surface area contributed by atoms with Crippen LogP contribution in [-0.2, 0) is 19.4 Å². The van der Waals surface area contributed by atoms with Gasteiger partial charge in [-0.05, 0) is 56.4 Å². The maximum absolute atomic E-state index is 4.91. The zero-order valence-electron chi connectivity index (χ0n) is 16.2. The van der Waals surface area contributed by atoms with E-state index in [1.807, 2.05) is 18.2 Å². The van der Waals surface area contributed by atoms with Gasteiger partial charge < -0.3 is 9.88 Å². The van der Waals surface area contributed by atoms with Crippen LogP contribution < -0.4 is 5.32 Å². The molecule has 1 fully saturated rings. The molecule has 0 bridgehead atoms. The molecule has 0 radical (unpaired) electrons. The Labute approximate surface area is 169 Å². The first-order valence-electron chi connectivity index (χ1n) is 10.4. The van der Waals surface area contributed by atoms with Crippen molar-refractivity contribution in [2.24, 2.45) is 0 Å². The molecule has 4 aromatic rings. The Morgan fingerprint density at radius 2 is 1.86 bits per heavy atom. The fraction of sp³-hybridized carbons (Fsp3) is 0.304. The topological polar surface area (TPSA) is 68.5 Å². The zero-order chi connectivity index (χ0) is 19.2. The molecule has 6 rings (SSSR count). The van der Waals surface area contributed by atoms with Gasteiger partial charge in [-0.15, -0.1) is 0 Å². The highest BCUT2D eigenvalue weighted by atomic mass is 15.2. The van der Waals surface area contributed by atoms with E-state index in [1.165, 1.54) is 23.9 Å². The number of rotatable bonds is 5. The Morgan fingerprint density at radius 1 is 0.966 bits per heavy atom. The lowest BCUT2D eigenvalue weighted by molar-refractivity contribution is 0.710. The highest BCUT2D eigenvalue weighted by Crippen LogP contribution is 2.39. The number of pyridine rings is 1. The van der Waals surface area contributed by atoms with Crippen molar-refractivity contribution in [1.82, 2.24) is 24.5 Å². The molecule has 3 aromatic heterocycles. The van der Waals surface area contributed by atoms with Crippen LogP contribution in [-0.4, -0.2) is 24.5 Å². The summed E-state index contributed by atoms with van der Waals surface area (Å²) < 4.78 is 2.41. The standard InChI is InChI=1S/C23H22N6/c1-2-10-20-18(7-1)26-21(29(20)15-11-12-15)14-25-22-16-6-5-9-17(16)27-23(28-22)19-8-3-4-13-24-19/h1-4,7-8,10,13,15H,5-6,9,11-12,14H2,(H,25,27,28). The number of anilines is 1. The molecule has 1 saturated carbocycles. The summed E-state index contributed by atoms with van der Waals surface area (Å²) in [6.45, 7) is 0.663. The summed E-state index contributed by atoms with van der Waals surface area (Å²) in [6.07, 6.45) is 7.42. The van der Waals surface area contributed by atoms with Gasteiger partial charge in [0, 0.05) is 23.5 Å². The monoisotopic (exact) mass is 382 g/mol. The Hall–Kier alpha value is -3.28. The minimum atomic E-state index is 0.583. The molecular formula is C23H22N6. The van der Waals surface area contributed by atoms with Gasteiger partial charge in [-0.1, -0.05) is 18.2 Å². The second kappa shape index (κ2) is 6.65. The summed E-state index contributed by atoms with van der Waals surface area (Å²) in [4.78, 5) is 19.0. The molecule has 144 valence electrons. The maximum atomic E-state index is 4.91. The Morgan fingerprint density at radius 3 is 2.72 bits per heavy atom. The molecule has 3 heterocycles. The molecule has 0 aliphatic heterocycles. The van der Waals surface area contributed by atoms with Crippen LogP contribution in [0, 0.1) is 0 Å². The predicted octanol–water partition coefficient (Wildman–Crippen LogP) is 4.32. The third-order valence-electron chi connectivity index (χ3n) is 5.82. The number of fused-ring (bicyclic) bond motifs is 2. The third kappa shape index (κ3) is 2.95. The molecule has 1 N–H and O–H groups in total. The SMILES string of the molecule is c1ccc(-c2nc3c(c(NCc4nc5ccccc5n4C4CC4)n2)CCC3)nc1. The maximum Gasteiger partial charge on any atom is 0.180 e. The average Bonchev–Trinajstić information content (AvgIpc) is 3.36. The molecule has 6 nitrogen and oxygen atoms in total. The van der Waals surface area contributed by atoms with Gasteiger partial charge in [0.05, 0.1) is 17.6 Å². The van der Waals surface area contributed by atoms with Crippen LogP contribution in [0.2, 0.25) is 0 Å². The molecule has 0 atom stereocenters. The fourth-order valence-corrected chi connectivity index (χ4v) is 4.31. The predicted molar refractivity (Wildman–Crippen MR) is 113 cm³/mol. The summed E-state index contributed by atoms with van der Waals surface area (Å²) in [5, 5.41) is 3.59. The van der Waals surface area contributed by atoms with Crippen molar-refractivity contribution in [3.63, 3.8) is 0 Å². The zero-order valence-corrected chi connectivity index (χ0v) is 16.2. The quantitative estimate of drug-likeness (QED) is 0.557. The fourth-order valence-electron chi connectivity index (χ4n) is 4.31. The van der Waals surface area contributed by atoms with Gasteiger partial charge in [0.1, 0.15) is 17.3 Å². The van der Waals surface area contributed by atoms with E-state index >= 15 is 0 Å². The van der Waals surface area contributed by atoms with Crippen molar-refractivity contribution in [3.8, 4) is 11.5 Å². The lowest BCUT2D eigenvalue weighted by Crippen LogP contribution is -2.11. The van der Waals surface area contributed by atoms with Crippen LogP contribution in [0.25, 0.3) is 22.6 Å². The smallest absolute Gasteiger partial charge is 0.180 e. The van der Waals surface area contributed by atoms with Gasteiger partial charge in [0.2, 0.25) is 0 Å². The van der Waals surface area contributed by atoms with Crippen molar-refractivity contribution in [2.45, 2.75) is 44.7 Å². The summed E-state index contributed by atoms with van der Waals surface area (Å²) in [5.41, 5.74) is 5.51. The molecule has 29 heavy (non-hydrogen) atoms. The molecule has 0 amide bonds. The van der Waals surface area contributed by atoms with Gasteiger partial charge in [0.25, 0.3) is 0 Å². The number of nitrogens with zero attached hydrogens (tertiary/aromatic N) is 5. The van der Waals surface area contributed by atoms with Crippen LogP contribution in [0.3, 0.4) is 0 Å². The Bertz CT molecular complexity index is 1190. The van der Waals surface area contributed by atoms with Crippen LogP contribution in [0.4, 0.5) is 5.82 Å². The first-order valence-corrected chi connectivity index (χ1v) is 10.4. The van der Waals surface area contributed by atoms with Gasteiger partial charge in [-0.2, -0.15) is 0 Å². The van der Waals surface area contributed by atoms with E-state index in [0.717, 1.165) is 47.8 Å². The molecular weight excluding hydrogens is 360 g/mol. The highest BCUT2D eigenvalue weighted by molar-refractivity contribution is 5.76. The average molecular weight is 382 g/mol. The van der Waals surface area contributed by atoms with Crippen molar-refractivity contribution in [3.05, 3.63) is 65.7 Å². The number of aromatic nitrogens is 5. The van der Waals surface area contributed by atoms with Gasteiger partial charge in [-0.3, -0.25) is 4.98 Å². The molecule has 6 heteroatoms. The minimum absolute atomic E-state index is 0.583. The van der Waals surface area contributed by atoms with Crippen LogP contribution >= 0.6 is 0 Å². The normalized spacial score (nSPS) is 15.6. The van der Waals surface area contributed by atoms with E-state index in [0.29, 0.717) is 18.4 Å². The summed E-state index contributed by atoms with van der Waals surface area (Å²) in [5.74, 6) is 2.71. The Balaban J connectivity index is 1.36. The van der Waals surface area contributed by atoms with Gasteiger partial charge in [0.15, 0.2) is 5.82 Å². The first-order chi connectivity index (χ1) is 14.4. The van der Waals surface area contributed by atoms with E-state index in [9.17, 15) is 0 Å². The third-order valence-corrected chi connectivity index (χ3v) is 5.82. The molecule has 2 aliphatic rings. The molecule has 1 aromatic carbocycles. The number of hydrogen-bond acceptors (Lipinski definition) is 5. The molecule has 0 saturated heterocycles. The number of aryl methyl sites for hydroxylation is 1. The summed E-state index contributed by atoms with van der Waals surface area (Å²) in [6, 6.07) is 14.9. The van der Waals surface area contributed by atoms with Crippen molar-refractivity contribution in [1.29, 1.82) is 0 Å². The van der Waals surface area contributed by atoms with E-state index in [2.05, 4.69) is 39.1 Å². The number of hydrogen-bond donors (Lipinski definition) is 1. The van der Waals surface area contributed by atoms with Crippen LogP contribution in [0.15, 0.2) is 48.7 Å². The lowest BCUT2D eigenvalue weighted by atomic mass is 10.2. The minimum Gasteiger partial charge on any atom is -0.362 e. The van der Waals surface area contributed by atoms with Crippen molar-refractivity contribution in [2.75, 3.05) is 5.32 Å². The van der Waals surface area contributed by atoms with Crippen molar-refractivity contribution < 1.29 is 0 Å². The number of nitrogens with one attached hydrogen (secondary N) is 1. The second-order valence-electron chi connectivity index (χ2n) is 7.86. The summed E-state index contributed by atoms with van der Waals surface area (Å²) in [7, 11) is 0. The van der Waals surface area contributed by atoms with E-state index in [4.69, 9.17) is 15.0 Å². The molecule has 0 unspecified atom stereocenters. The highest BCUT2D eigenvalue weighted by Gasteiger charge is 2.28. The number of para-hydroxylation sites is 2. The second-order valence-corrected chi connectivity index (χ2v) is 7.86. The number of benzene rings is 1. The van der Waals surface area contributed by atoms with Crippen molar-refractivity contribution >= 4 is 16.9 Å². The number of imidazole rings is 1. The van der Waals surface area contributed by atoms with Gasteiger partial charge in [-0.25, -0.2) is 15.0 Å². The van der Waals surface area contributed by atoms with Gasteiger partial charge >= 0.3 is 0 Å².